The van der Waals surface area contributed by atoms with Crippen LogP contribution in [0, 0.1) is 6.20 Å². The molecule has 1 aromatic heterocycles. The fourth-order valence-corrected chi connectivity index (χ4v) is 0.536. The van der Waals surface area contributed by atoms with Crippen molar-refractivity contribution in [1.82, 2.24) is 4.98 Å². The Morgan fingerprint density at radius 1 is 1.62 bits per heavy atom. The number of halogens is 1. The van der Waals surface area contributed by atoms with E-state index in [1.54, 1.807) is 12.3 Å². The van der Waals surface area contributed by atoms with Crippen LogP contribution in [0.25, 0.3) is 0 Å². The summed E-state index contributed by atoms with van der Waals surface area (Å²) in [6.07, 6.45) is 4.35. The molecule has 0 spiro atoms. The molecule has 8 heavy (non-hydrogen) atoms. The fraction of sp³-hybridized carbons (Fsp3) is 0. The first-order valence-electron chi connectivity index (χ1n) is 1.87. The van der Waals surface area contributed by atoms with Gasteiger partial charge in [-0.25, -0.2) is 0 Å². The van der Waals surface area contributed by atoms with E-state index >= 15 is 0 Å². The minimum atomic E-state index is 0. The van der Waals surface area contributed by atoms with Crippen LogP contribution in [0.15, 0.2) is 22.8 Å². The SMILES string of the molecule is Brc1cc[c]nc1.[NaH]. The van der Waals surface area contributed by atoms with Gasteiger partial charge >= 0.3 is 29.6 Å². The summed E-state index contributed by atoms with van der Waals surface area (Å²) in [7, 11) is 0. The molecule has 1 aromatic rings. The average Bonchev–Trinajstić information content (AvgIpc) is 1.69. The van der Waals surface area contributed by atoms with E-state index in [4.69, 9.17) is 0 Å². The van der Waals surface area contributed by atoms with Crippen LogP contribution in [0.5, 0.6) is 0 Å². The van der Waals surface area contributed by atoms with Crippen LogP contribution in [0.2, 0.25) is 0 Å². The topological polar surface area (TPSA) is 12.9 Å². The Morgan fingerprint density at radius 3 is 2.62 bits per heavy atom. The normalized spacial score (nSPS) is 7.62. The number of rotatable bonds is 0. The monoisotopic (exact) mass is 180 g/mol. The van der Waals surface area contributed by atoms with E-state index in [1.165, 1.54) is 0 Å². The minimum absolute atomic E-state index is 0. The molecule has 37 valence electrons. The third-order valence-corrected chi connectivity index (χ3v) is 1.05. The Kier molecular flexibility index (Phi) is 4.86. The molecule has 0 aromatic carbocycles. The van der Waals surface area contributed by atoms with E-state index in [2.05, 4.69) is 27.1 Å². The molecule has 0 N–H and O–H groups in total. The van der Waals surface area contributed by atoms with E-state index in [-0.39, 0.29) is 29.6 Å². The van der Waals surface area contributed by atoms with Gasteiger partial charge in [0.1, 0.15) is 0 Å². The summed E-state index contributed by atoms with van der Waals surface area (Å²) in [6.45, 7) is 0. The van der Waals surface area contributed by atoms with Crippen molar-refractivity contribution < 1.29 is 0 Å². The van der Waals surface area contributed by atoms with Crippen molar-refractivity contribution in [2.45, 2.75) is 0 Å². The molecule has 0 aliphatic heterocycles. The summed E-state index contributed by atoms with van der Waals surface area (Å²) in [5, 5.41) is 0. The standard InChI is InChI=1S/C5H3BrN.Na.H/c6-5-2-1-3-7-4-5;;/h1-2,4H;;. The Hall–Kier alpha value is 0.630. The van der Waals surface area contributed by atoms with Gasteiger partial charge in [0.2, 0.25) is 0 Å². The summed E-state index contributed by atoms with van der Waals surface area (Å²) in [6, 6.07) is 3.64. The van der Waals surface area contributed by atoms with Gasteiger partial charge in [-0.05, 0) is 28.1 Å². The molecule has 0 fully saturated rings. The van der Waals surface area contributed by atoms with Crippen LogP contribution in [-0.2, 0) is 0 Å². The van der Waals surface area contributed by atoms with Crippen molar-refractivity contribution in [3.05, 3.63) is 29.0 Å². The van der Waals surface area contributed by atoms with Crippen LogP contribution in [0.3, 0.4) is 0 Å². The van der Waals surface area contributed by atoms with Gasteiger partial charge in [0.15, 0.2) is 0 Å². The molecule has 1 radical (unpaired) electrons. The van der Waals surface area contributed by atoms with Gasteiger partial charge in [0.05, 0.1) is 6.20 Å². The molecule has 1 nitrogen and oxygen atoms in total. The van der Waals surface area contributed by atoms with Gasteiger partial charge in [-0.2, -0.15) is 0 Å². The van der Waals surface area contributed by atoms with Crippen LogP contribution < -0.4 is 0 Å². The first-order valence-corrected chi connectivity index (χ1v) is 2.66. The van der Waals surface area contributed by atoms with Crippen molar-refractivity contribution in [3.8, 4) is 0 Å². The van der Waals surface area contributed by atoms with E-state index in [0.717, 1.165) is 4.47 Å². The molecule has 0 atom stereocenters. The molecule has 1 rings (SSSR count). The summed E-state index contributed by atoms with van der Waals surface area (Å²) in [5.74, 6) is 0. The molecular weight excluding hydrogens is 177 g/mol. The van der Waals surface area contributed by atoms with Gasteiger partial charge in [0.25, 0.3) is 0 Å². The molecule has 0 aliphatic rings. The third-order valence-electron chi connectivity index (χ3n) is 0.580. The molecule has 0 saturated heterocycles. The van der Waals surface area contributed by atoms with E-state index < -0.39 is 0 Å². The molecule has 0 amide bonds. The maximum absolute atomic E-state index is 3.71. The zero-order valence-electron chi connectivity index (χ0n) is 3.56. The molecule has 1 heterocycles. The second-order valence-corrected chi connectivity index (χ2v) is 2.02. The number of aromatic nitrogens is 1. The molecule has 0 saturated carbocycles. The Bertz CT molecular complexity index is 142. The third kappa shape index (κ3) is 2.82. The van der Waals surface area contributed by atoms with Crippen molar-refractivity contribution in [3.63, 3.8) is 0 Å². The van der Waals surface area contributed by atoms with E-state index in [0.29, 0.717) is 0 Å². The molecule has 0 aliphatic carbocycles. The predicted octanol–water partition coefficient (Wildman–Crippen LogP) is 0.996. The molecular formula is C5H4BrNNa. The number of hydrogen-bond donors (Lipinski definition) is 0. The van der Waals surface area contributed by atoms with Crippen molar-refractivity contribution >= 4 is 45.5 Å². The van der Waals surface area contributed by atoms with Crippen LogP contribution >= 0.6 is 15.9 Å². The van der Waals surface area contributed by atoms with Gasteiger partial charge < -0.3 is 0 Å². The van der Waals surface area contributed by atoms with Gasteiger partial charge in [-0.15, -0.1) is 0 Å². The first kappa shape index (κ1) is 8.63. The molecule has 0 bridgehead atoms. The Morgan fingerprint density at radius 2 is 2.38 bits per heavy atom. The van der Waals surface area contributed by atoms with Crippen LogP contribution in [-0.4, -0.2) is 34.5 Å². The van der Waals surface area contributed by atoms with Crippen molar-refractivity contribution in [1.29, 1.82) is 0 Å². The van der Waals surface area contributed by atoms with Gasteiger partial charge in [-0.3, -0.25) is 4.98 Å². The summed E-state index contributed by atoms with van der Waals surface area (Å²) in [5.41, 5.74) is 0. The first-order chi connectivity index (χ1) is 3.39. The van der Waals surface area contributed by atoms with Gasteiger partial charge in [0, 0.05) is 10.7 Å². The maximum atomic E-state index is 3.71. The second kappa shape index (κ2) is 4.50. The van der Waals surface area contributed by atoms with E-state index in [1.807, 2.05) is 6.07 Å². The van der Waals surface area contributed by atoms with Crippen LogP contribution in [0.1, 0.15) is 0 Å². The van der Waals surface area contributed by atoms with Crippen molar-refractivity contribution in [2.75, 3.05) is 0 Å². The van der Waals surface area contributed by atoms with Gasteiger partial charge in [-0.1, -0.05) is 0 Å². The van der Waals surface area contributed by atoms with E-state index in [9.17, 15) is 0 Å². The number of nitrogens with zero attached hydrogens (tertiary/aromatic N) is 1. The zero-order valence-corrected chi connectivity index (χ0v) is 5.14. The fourth-order valence-electron chi connectivity index (χ4n) is 0.302. The van der Waals surface area contributed by atoms with Crippen LogP contribution in [0.4, 0.5) is 0 Å². The number of pyridine rings is 1. The quantitative estimate of drug-likeness (QED) is 0.544. The zero-order chi connectivity index (χ0) is 5.11. The summed E-state index contributed by atoms with van der Waals surface area (Å²) in [4.78, 5) is 3.71. The Balaban J connectivity index is 0.000000490. The molecule has 0 unspecified atom stereocenters. The predicted molar refractivity (Wildman–Crippen MR) is 37.9 cm³/mol. The summed E-state index contributed by atoms with van der Waals surface area (Å²) >= 11 is 3.23. The van der Waals surface area contributed by atoms with Crippen molar-refractivity contribution in [2.24, 2.45) is 0 Å². The Labute approximate surface area is 78.9 Å². The number of hydrogen-bond acceptors (Lipinski definition) is 1. The second-order valence-electron chi connectivity index (χ2n) is 1.11. The average molecular weight is 181 g/mol. The molecule has 3 heteroatoms. The summed E-state index contributed by atoms with van der Waals surface area (Å²) < 4.78 is 0.992.